The van der Waals surface area contributed by atoms with Crippen LogP contribution in [0.3, 0.4) is 0 Å². The molecule has 4 rings (SSSR count). The summed E-state index contributed by atoms with van der Waals surface area (Å²) in [6.45, 7) is 6.16. The van der Waals surface area contributed by atoms with Crippen molar-refractivity contribution in [3.05, 3.63) is 71.9 Å². The van der Waals surface area contributed by atoms with E-state index in [-0.39, 0.29) is 0 Å². The zero-order valence-corrected chi connectivity index (χ0v) is 21.2. The van der Waals surface area contributed by atoms with Crippen molar-refractivity contribution < 1.29 is 14.2 Å². The first-order valence-corrected chi connectivity index (χ1v) is 12.6. The van der Waals surface area contributed by atoms with E-state index in [9.17, 15) is 0 Å². The van der Waals surface area contributed by atoms with Crippen molar-refractivity contribution in [2.24, 2.45) is 11.8 Å². The van der Waals surface area contributed by atoms with Gasteiger partial charge in [0.05, 0.1) is 18.9 Å². The Kier molecular flexibility index (Phi) is 9.09. The maximum atomic E-state index is 6.17. The Morgan fingerprint density at radius 1 is 0.914 bits per heavy atom. The van der Waals surface area contributed by atoms with Gasteiger partial charge in [0.1, 0.15) is 12.4 Å². The van der Waals surface area contributed by atoms with Gasteiger partial charge in [-0.05, 0) is 43.1 Å². The molecule has 6 nitrogen and oxygen atoms in total. The van der Waals surface area contributed by atoms with Gasteiger partial charge in [-0.1, -0.05) is 55.8 Å². The second-order valence-corrected chi connectivity index (χ2v) is 9.45. The minimum Gasteiger partial charge on any atom is -0.489 e. The predicted molar refractivity (Wildman–Crippen MR) is 139 cm³/mol. The number of likely N-dealkylation sites (tertiary alicyclic amines) is 1. The minimum atomic E-state index is 0.422. The molecule has 0 spiro atoms. The first-order valence-electron chi connectivity index (χ1n) is 12.6. The largest absolute Gasteiger partial charge is 0.489 e. The number of benzene rings is 2. The Bertz CT molecular complexity index is 1040. The van der Waals surface area contributed by atoms with Crippen molar-refractivity contribution in [1.82, 2.24) is 15.1 Å². The predicted octanol–water partition coefficient (Wildman–Crippen LogP) is 5.27. The molecule has 2 atom stereocenters. The lowest BCUT2D eigenvalue weighted by Crippen LogP contribution is -2.24. The molecule has 1 fully saturated rings. The van der Waals surface area contributed by atoms with E-state index in [0.29, 0.717) is 30.9 Å². The molecule has 1 aliphatic rings. The minimum absolute atomic E-state index is 0.422. The van der Waals surface area contributed by atoms with Crippen LogP contribution in [0.25, 0.3) is 11.1 Å². The van der Waals surface area contributed by atoms with Crippen LogP contribution in [0.5, 0.6) is 11.6 Å². The summed E-state index contributed by atoms with van der Waals surface area (Å²) in [6, 6.07) is 20.5. The molecular weight excluding hydrogens is 438 g/mol. The molecule has 2 aromatic carbocycles. The van der Waals surface area contributed by atoms with E-state index in [1.165, 1.54) is 0 Å². The van der Waals surface area contributed by atoms with Crippen molar-refractivity contribution in [3.63, 3.8) is 0 Å². The highest BCUT2D eigenvalue weighted by Crippen LogP contribution is 2.29. The molecule has 0 saturated carbocycles. The average Bonchev–Trinajstić information content (AvgIpc) is 3.25. The number of ether oxygens (including phenoxy) is 3. The van der Waals surface area contributed by atoms with E-state index in [0.717, 1.165) is 67.1 Å². The molecule has 0 bridgehead atoms. The number of rotatable bonds is 12. The van der Waals surface area contributed by atoms with Crippen LogP contribution < -0.4 is 9.47 Å². The first kappa shape index (κ1) is 25.1. The Morgan fingerprint density at radius 2 is 1.66 bits per heavy atom. The van der Waals surface area contributed by atoms with Crippen LogP contribution in [0, 0.1) is 11.8 Å². The van der Waals surface area contributed by atoms with E-state index < -0.39 is 0 Å². The fraction of sp³-hybridized carbons (Fsp3) is 0.448. The lowest BCUT2D eigenvalue weighted by Gasteiger charge is -2.18. The van der Waals surface area contributed by atoms with Gasteiger partial charge in [-0.3, -0.25) is 0 Å². The molecule has 0 N–H and O–H groups in total. The van der Waals surface area contributed by atoms with Crippen LogP contribution in [0.1, 0.15) is 31.0 Å². The van der Waals surface area contributed by atoms with Gasteiger partial charge in [-0.2, -0.15) is 5.10 Å². The Hall–Kier alpha value is -2.96. The molecule has 1 aromatic heterocycles. The standard InChI is InChI=1S/C29H37N3O3/c1-4-5-11-28-27(23-12-14-26(15-13-23)34-19-22-9-7-6-8-10-22)16-29(31-30-28)35-21-25-18-32(2)17-24(25)20-33-3/h6-10,12-16,24-25H,4-5,11,17-21H2,1-3H3/t24-,25-/m1/s1. The lowest BCUT2D eigenvalue weighted by atomic mass is 9.98. The maximum Gasteiger partial charge on any atom is 0.234 e. The second kappa shape index (κ2) is 12.7. The third kappa shape index (κ3) is 7.03. The molecule has 0 amide bonds. The van der Waals surface area contributed by atoms with Gasteiger partial charge >= 0.3 is 0 Å². The lowest BCUT2D eigenvalue weighted by molar-refractivity contribution is 0.118. The molecule has 1 saturated heterocycles. The number of hydrogen-bond acceptors (Lipinski definition) is 6. The van der Waals surface area contributed by atoms with Crippen LogP contribution in [0.4, 0.5) is 0 Å². The Balaban J connectivity index is 1.46. The van der Waals surface area contributed by atoms with Crippen LogP contribution in [-0.2, 0) is 17.8 Å². The molecule has 0 unspecified atom stereocenters. The molecule has 3 aromatic rings. The third-order valence-electron chi connectivity index (χ3n) is 6.61. The van der Waals surface area contributed by atoms with Gasteiger partial charge in [-0.25, -0.2) is 0 Å². The molecule has 186 valence electrons. The maximum absolute atomic E-state index is 6.17. The van der Waals surface area contributed by atoms with Gasteiger partial charge in [0.2, 0.25) is 5.88 Å². The van der Waals surface area contributed by atoms with E-state index >= 15 is 0 Å². The quantitative estimate of drug-likeness (QED) is 0.356. The van der Waals surface area contributed by atoms with E-state index in [1.807, 2.05) is 36.4 Å². The molecule has 35 heavy (non-hydrogen) atoms. The summed E-state index contributed by atoms with van der Waals surface area (Å²) < 4.78 is 17.6. The van der Waals surface area contributed by atoms with Gasteiger partial charge in [0, 0.05) is 43.7 Å². The fourth-order valence-electron chi connectivity index (χ4n) is 4.68. The molecule has 2 heterocycles. The highest BCUT2D eigenvalue weighted by atomic mass is 16.5. The van der Waals surface area contributed by atoms with E-state index in [1.54, 1.807) is 7.11 Å². The summed E-state index contributed by atoms with van der Waals surface area (Å²) in [5.74, 6) is 2.33. The summed E-state index contributed by atoms with van der Waals surface area (Å²) in [6.07, 6.45) is 3.09. The Morgan fingerprint density at radius 3 is 2.37 bits per heavy atom. The van der Waals surface area contributed by atoms with Gasteiger partial charge < -0.3 is 19.1 Å². The van der Waals surface area contributed by atoms with Gasteiger partial charge in [0.25, 0.3) is 0 Å². The van der Waals surface area contributed by atoms with E-state index in [2.05, 4.69) is 53.3 Å². The molecule has 6 heteroatoms. The summed E-state index contributed by atoms with van der Waals surface area (Å²) >= 11 is 0. The molecule has 0 radical (unpaired) electrons. The number of aromatic nitrogens is 2. The average molecular weight is 476 g/mol. The van der Waals surface area contributed by atoms with Crippen molar-refractivity contribution in [3.8, 4) is 22.8 Å². The molecule has 0 aliphatic carbocycles. The highest BCUT2D eigenvalue weighted by Gasteiger charge is 2.31. The zero-order valence-electron chi connectivity index (χ0n) is 21.2. The van der Waals surface area contributed by atoms with Gasteiger partial charge in [-0.15, -0.1) is 5.10 Å². The van der Waals surface area contributed by atoms with Crippen LogP contribution >= 0.6 is 0 Å². The van der Waals surface area contributed by atoms with Crippen LogP contribution in [-0.4, -0.2) is 55.6 Å². The third-order valence-corrected chi connectivity index (χ3v) is 6.61. The fourth-order valence-corrected chi connectivity index (χ4v) is 4.68. The number of hydrogen-bond donors (Lipinski definition) is 0. The summed E-state index contributed by atoms with van der Waals surface area (Å²) in [5, 5.41) is 8.97. The Labute approximate surface area is 209 Å². The van der Waals surface area contributed by atoms with Crippen molar-refractivity contribution in [1.29, 1.82) is 0 Å². The summed E-state index contributed by atoms with van der Waals surface area (Å²) in [5.41, 5.74) is 4.34. The van der Waals surface area contributed by atoms with Crippen molar-refractivity contribution in [2.45, 2.75) is 32.8 Å². The first-order chi connectivity index (χ1) is 17.2. The van der Waals surface area contributed by atoms with Gasteiger partial charge in [0.15, 0.2) is 0 Å². The van der Waals surface area contributed by atoms with Crippen molar-refractivity contribution >= 4 is 0 Å². The topological polar surface area (TPSA) is 56.7 Å². The number of aryl methyl sites for hydroxylation is 1. The van der Waals surface area contributed by atoms with Crippen LogP contribution in [0.2, 0.25) is 0 Å². The molecular formula is C29H37N3O3. The summed E-state index contributed by atoms with van der Waals surface area (Å²) in [4.78, 5) is 2.34. The zero-order chi connectivity index (χ0) is 24.5. The smallest absolute Gasteiger partial charge is 0.234 e. The number of nitrogens with zero attached hydrogens (tertiary/aromatic N) is 3. The van der Waals surface area contributed by atoms with Crippen LogP contribution in [0.15, 0.2) is 60.7 Å². The second-order valence-electron chi connectivity index (χ2n) is 9.45. The normalized spacial score (nSPS) is 18.0. The van der Waals surface area contributed by atoms with Crippen molar-refractivity contribution in [2.75, 3.05) is 40.5 Å². The molecule has 1 aliphatic heterocycles. The number of methoxy groups -OCH3 is 1. The summed E-state index contributed by atoms with van der Waals surface area (Å²) in [7, 11) is 3.91. The number of unbranched alkanes of at least 4 members (excludes halogenated alkanes) is 1. The SMILES string of the molecule is CCCCc1nnc(OC[C@H]2CN(C)C[C@@H]2COC)cc1-c1ccc(OCc2ccccc2)cc1. The van der Waals surface area contributed by atoms with E-state index in [4.69, 9.17) is 14.2 Å². The highest BCUT2D eigenvalue weighted by molar-refractivity contribution is 5.67. The monoisotopic (exact) mass is 475 g/mol.